The maximum Gasteiger partial charge on any atom is 0.0213 e. The summed E-state index contributed by atoms with van der Waals surface area (Å²) >= 11 is 0. The first kappa shape index (κ1) is 11.0. The Labute approximate surface area is 82.7 Å². The maximum absolute atomic E-state index is 3.54. The van der Waals surface area contributed by atoms with E-state index in [0.717, 1.165) is 12.1 Å². The van der Waals surface area contributed by atoms with Gasteiger partial charge in [-0.3, -0.25) is 4.90 Å². The Morgan fingerprint density at radius 3 is 1.69 bits per heavy atom. The third kappa shape index (κ3) is 2.44. The molecule has 0 spiro atoms. The molecule has 0 radical (unpaired) electrons. The predicted molar refractivity (Wildman–Crippen MR) is 58.0 cm³/mol. The third-order valence-electron chi connectivity index (χ3n) is 2.87. The van der Waals surface area contributed by atoms with Gasteiger partial charge in [0.1, 0.15) is 0 Å². The largest absolute Gasteiger partial charge is 0.309 e. The number of hydrogen-bond donors (Lipinski definition) is 1. The van der Waals surface area contributed by atoms with Crippen molar-refractivity contribution in [2.75, 3.05) is 13.1 Å². The van der Waals surface area contributed by atoms with E-state index in [9.17, 15) is 0 Å². The van der Waals surface area contributed by atoms with Crippen molar-refractivity contribution in [1.82, 2.24) is 10.2 Å². The highest BCUT2D eigenvalue weighted by Gasteiger charge is 2.39. The maximum atomic E-state index is 3.54. The fourth-order valence-electron chi connectivity index (χ4n) is 2.06. The van der Waals surface area contributed by atoms with Gasteiger partial charge in [0.15, 0.2) is 0 Å². The number of piperazine rings is 1. The highest BCUT2D eigenvalue weighted by atomic mass is 15.3. The van der Waals surface area contributed by atoms with Crippen molar-refractivity contribution in [2.45, 2.75) is 58.7 Å². The molecule has 2 nitrogen and oxygen atoms in total. The summed E-state index contributed by atoms with van der Waals surface area (Å²) in [6.07, 6.45) is 1.41. The van der Waals surface area contributed by atoms with E-state index in [1.807, 2.05) is 13.8 Å². The zero-order valence-corrected chi connectivity index (χ0v) is 9.72. The van der Waals surface area contributed by atoms with Gasteiger partial charge in [-0.1, -0.05) is 13.8 Å². The van der Waals surface area contributed by atoms with Gasteiger partial charge in [0.2, 0.25) is 0 Å². The molecule has 1 N–H and O–H groups in total. The summed E-state index contributed by atoms with van der Waals surface area (Å²) in [6.45, 7) is 13.4. The molecule has 2 heteroatoms. The highest BCUT2D eigenvalue weighted by Crippen LogP contribution is 2.26. The summed E-state index contributed by atoms with van der Waals surface area (Å²) in [4.78, 5) is 2.59. The van der Waals surface area contributed by atoms with Crippen LogP contribution in [0.1, 0.15) is 41.0 Å². The van der Waals surface area contributed by atoms with Crippen molar-refractivity contribution < 1.29 is 0 Å². The number of fused-ring (bicyclic) bond motifs is 2. The van der Waals surface area contributed by atoms with E-state index in [0.29, 0.717) is 5.54 Å². The van der Waals surface area contributed by atoms with Crippen LogP contribution in [0.25, 0.3) is 0 Å². The number of nitrogens with one attached hydrogen (secondary N) is 1. The molecular formula is C11H24N2. The van der Waals surface area contributed by atoms with Crippen LogP contribution in [0.5, 0.6) is 0 Å². The lowest BCUT2D eigenvalue weighted by Gasteiger charge is -2.52. The van der Waals surface area contributed by atoms with Crippen molar-refractivity contribution in [1.29, 1.82) is 0 Å². The third-order valence-corrected chi connectivity index (χ3v) is 2.87. The number of piperidine rings is 1. The van der Waals surface area contributed by atoms with Crippen molar-refractivity contribution in [3.8, 4) is 0 Å². The van der Waals surface area contributed by atoms with Gasteiger partial charge in [0.25, 0.3) is 0 Å². The Morgan fingerprint density at radius 2 is 1.46 bits per heavy atom. The molecule has 0 aliphatic carbocycles. The van der Waals surface area contributed by atoms with Crippen LogP contribution in [0.2, 0.25) is 0 Å². The monoisotopic (exact) mass is 184 g/mol. The molecule has 2 atom stereocenters. The molecule has 0 aromatic carbocycles. The van der Waals surface area contributed by atoms with E-state index in [2.05, 4.69) is 31.0 Å². The van der Waals surface area contributed by atoms with Crippen molar-refractivity contribution in [3.63, 3.8) is 0 Å². The Morgan fingerprint density at radius 1 is 1.08 bits per heavy atom. The van der Waals surface area contributed by atoms with Crippen LogP contribution >= 0.6 is 0 Å². The quantitative estimate of drug-likeness (QED) is 0.618. The minimum Gasteiger partial charge on any atom is -0.309 e. The smallest absolute Gasteiger partial charge is 0.0213 e. The molecule has 78 valence electrons. The Balaban J connectivity index is 0.000000396. The molecule has 0 aromatic heterocycles. The van der Waals surface area contributed by atoms with E-state index in [-0.39, 0.29) is 0 Å². The molecule has 13 heavy (non-hydrogen) atoms. The molecular weight excluding hydrogens is 160 g/mol. The standard InChI is InChI=1S/C9H18N2.C2H6/c1-9(2,3)11-5-7-4-8(6-11)10-7;1-2/h7-8,10H,4-6H2,1-3H3;1-2H3. The molecule has 3 aliphatic heterocycles. The predicted octanol–water partition coefficient (Wildman–Crippen LogP) is 1.86. The van der Waals surface area contributed by atoms with E-state index in [1.54, 1.807) is 0 Å². The molecule has 3 saturated heterocycles. The summed E-state index contributed by atoms with van der Waals surface area (Å²) in [6, 6.07) is 1.60. The number of nitrogens with zero attached hydrogens (tertiary/aromatic N) is 1. The Bertz CT molecular complexity index is 144. The van der Waals surface area contributed by atoms with E-state index >= 15 is 0 Å². The molecule has 3 rings (SSSR count). The summed E-state index contributed by atoms with van der Waals surface area (Å²) in [5.74, 6) is 0. The van der Waals surface area contributed by atoms with Gasteiger partial charge in [-0.05, 0) is 27.2 Å². The van der Waals surface area contributed by atoms with Gasteiger partial charge in [-0.15, -0.1) is 0 Å². The van der Waals surface area contributed by atoms with Crippen LogP contribution < -0.4 is 5.32 Å². The van der Waals surface area contributed by atoms with Crippen LogP contribution in [-0.4, -0.2) is 35.6 Å². The van der Waals surface area contributed by atoms with Gasteiger partial charge in [0, 0.05) is 30.7 Å². The molecule has 0 aromatic rings. The average molecular weight is 184 g/mol. The highest BCUT2D eigenvalue weighted by molar-refractivity contribution is 5.00. The number of rotatable bonds is 0. The summed E-state index contributed by atoms with van der Waals surface area (Å²) in [5.41, 5.74) is 0.374. The second-order valence-corrected chi connectivity index (χ2v) is 4.87. The van der Waals surface area contributed by atoms with E-state index in [1.165, 1.54) is 19.5 Å². The van der Waals surface area contributed by atoms with Crippen LogP contribution in [0.3, 0.4) is 0 Å². The molecule has 0 amide bonds. The summed E-state index contributed by atoms with van der Waals surface area (Å²) in [7, 11) is 0. The molecule has 3 fully saturated rings. The van der Waals surface area contributed by atoms with E-state index in [4.69, 9.17) is 0 Å². The lowest BCUT2D eigenvalue weighted by molar-refractivity contribution is 0.0167. The zero-order valence-electron chi connectivity index (χ0n) is 9.72. The van der Waals surface area contributed by atoms with Crippen LogP contribution in [-0.2, 0) is 0 Å². The molecule has 0 saturated carbocycles. The normalized spacial score (nSPS) is 33.0. The average Bonchev–Trinajstić information content (AvgIpc) is 2.06. The van der Waals surface area contributed by atoms with Crippen LogP contribution in [0, 0.1) is 0 Å². The first-order valence-corrected chi connectivity index (χ1v) is 5.57. The van der Waals surface area contributed by atoms with Crippen molar-refractivity contribution in [2.24, 2.45) is 0 Å². The first-order chi connectivity index (χ1) is 6.05. The van der Waals surface area contributed by atoms with Gasteiger partial charge in [0.05, 0.1) is 0 Å². The van der Waals surface area contributed by atoms with Crippen LogP contribution in [0.15, 0.2) is 0 Å². The molecule has 3 heterocycles. The van der Waals surface area contributed by atoms with Gasteiger partial charge in [-0.2, -0.15) is 0 Å². The fourth-order valence-corrected chi connectivity index (χ4v) is 2.06. The fraction of sp³-hybridized carbons (Fsp3) is 1.00. The zero-order chi connectivity index (χ0) is 10.1. The molecule has 2 unspecified atom stereocenters. The first-order valence-electron chi connectivity index (χ1n) is 5.57. The second-order valence-electron chi connectivity index (χ2n) is 4.87. The number of hydrogen-bond acceptors (Lipinski definition) is 2. The Hall–Kier alpha value is -0.0800. The van der Waals surface area contributed by atoms with E-state index < -0.39 is 0 Å². The topological polar surface area (TPSA) is 15.3 Å². The Kier molecular flexibility index (Phi) is 3.36. The molecule has 2 bridgehead atoms. The lowest BCUT2D eigenvalue weighted by Crippen LogP contribution is -2.69. The van der Waals surface area contributed by atoms with Gasteiger partial charge in [-0.25, -0.2) is 0 Å². The second kappa shape index (κ2) is 3.97. The summed E-state index contributed by atoms with van der Waals surface area (Å²) < 4.78 is 0. The minimum atomic E-state index is 0.374. The van der Waals surface area contributed by atoms with Crippen molar-refractivity contribution in [3.05, 3.63) is 0 Å². The van der Waals surface area contributed by atoms with Gasteiger partial charge >= 0.3 is 0 Å². The SMILES string of the molecule is CC.CC(C)(C)N1CC2CC(C1)N2. The molecule has 3 aliphatic rings. The lowest BCUT2D eigenvalue weighted by atomic mass is 9.88. The minimum absolute atomic E-state index is 0.374. The van der Waals surface area contributed by atoms with Crippen molar-refractivity contribution >= 4 is 0 Å². The van der Waals surface area contributed by atoms with Gasteiger partial charge < -0.3 is 5.32 Å². The summed E-state index contributed by atoms with van der Waals surface area (Å²) in [5, 5.41) is 3.54. The van der Waals surface area contributed by atoms with Crippen LogP contribution in [0.4, 0.5) is 0 Å².